The van der Waals surface area contributed by atoms with Crippen molar-refractivity contribution in [1.29, 1.82) is 0 Å². The van der Waals surface area contributed by atoms with Crippen molar-refractivity contribution in [2.24, 2.45) is 5.92 Å². The second-order valence-corrected chi connectivity index (χ2v) is 4.92. The lowest BCUT2D eigenvalue weighted by atomic mass is 9.89. The Balaban J connectivity index is 2.42. The Morgan fingerprint density at radius 2 is 1.75 bits per heavy atom. The number of aliphatic hydroxyl groups is 1. The molecule has 5 heteroatoms. The molecule has 1 saturated heterocycles. The number of aliphatic hydroxyl groups excluding tert-OH is 1. The summed E-state index contributed by atoms with van der Waals surface area (Å²) in [5, 5.41) is 10.7. The Labute approximate surface area is 119 Å². The van der Waals surface area contributed by atoms with E-state index in [1.54, 1.807) is 33.5 Å². The Morgan fingerprint density at radius 3 is 2.15 bits per heavy atom. The van der Waals surface area contributed by atoms with Crippen LogP contribution in [0.5, 0.6) is 17.2 Å². The molecule has 112 valence electrons. The lowest BCUT2D eigenvalue weighted by molar-refractivity contribution is 0.0408. The van der Waals surface area contributed by atoms with Crippen LogP contribution < -0.4 is 14.2 Å². The quantitative estimate of drug-likeness (QED) is 0.897. The van der Waals surface area contributed by atoms with Crippen molar-refractivity contribution < 1.29 is 24.1 Å². The van der Waals surface area contributed by atoms with Gasteiger partial charge in [0, 0.05) is 24.7 Å². The molecule has 0 bridgehead atoms. The predicted octanol–water partition coefficient (Wildman–Crippen LogP) is 2.17. The topological polar surface area (TPSA) is 57.2 Å². The van der Waals surface area contributed by atoms with Gasteiger partial charge >= 0.3 is 0 Å². The number of hydrogen-bond donors (Lipinski definition) is 1. The van der Waals surface area contributed by atoms with Crippen LogP contribution in [0.4, 0.5) is 0 Å². The third kappa shape index (κ3) is 2.69. The minimum atomic E-state index is -0.691. The zero-order valence-corrected chi connectivity index (χ0v) is 12.4. The zero-order chi connectivity index (χ0) is 14.7. The third-order valence-electron chi connectivity index (χ3n) is 3.89. The first kappa shape index (κ1) is 14.9. The fraction of sp³-hybridized carbons (Fsp3) is 0.600. The second kappa shape index (κ2) is 6.33. The highest BCUT2D eigenvalue weighted by molar-refractivity contribution is 5.52. The van der Waals surface area contributed by atoms with Gasteiger partial charge in [0.2, 0.25) is 0 Å². The molecular formula is C15H22O5. The summed E-state index contributed by atoms with van der Waals surface area (Å²) in [5.41, 5.74) is 0.651. The first-order valence-electron chi connectivity index (χ1n) is 6.72. The molecule has 1 N–H and O–H groups in total. The molecule has 1 aromatic rings. The fourth-order valence-electron chi connectivity index (χ4n) is 2.70. The molecule has 2 rings (SSSR count). The predicted molar refractivity (Wildman–Crippen MR) is 74.6 cm³/mol. The highest BCUT2D eigenvalue weighted by Crippen LogP contribution is 2.43. The smallest absolute Gasteiger partial charge is 0.132 e. The highest BCUT2D eigenvalue weighted by Gasteiger charge is 2.35. The molecule has 0 aliphatic carbocycles. The Bertz CT molecular complexity index is 435. The van der Waals surface area contributed by atoms with Gasteiger partial charge in [0.1, 0.15) is 17.2 Å². The summed E-state index contributed by atoms with van der Waals surface area (Å²) < 4.78 is 21.5. The Hall–Kier alpha value is -1.46. The molecule has 5 nitrogen and oxygen atoms in total. The average Bonchev–Trinajstić information content (AvgIpc) is 2.91. The lowest BCUT2D eigenvalue weighted by Gasteiger charge is -2.25. The van der Waals surface area contributed by atoms with Crippen LogP contribution in [0.2, 0.25) is 0 Å². The summed E-state index contributed by atoms with van der Waals surface area (Å²) in [6.45, 7) is 2.65. The summed E-state index contributed by atoms with van der Waals surface area (Å²) in [6.07, 6.45) is 0.144. The maximum atomic E-state index is 10.7. The van der Waals surface area contributed by atoms with E-state index in [0.29, 0.717) is 29.4 Å². The van der Waals surface area contributed by atoms with Crippen molar-refractivity contribution in [2.45, 2.75) is 25.6 Å². The van der Waals surface area contributed by atoms with E-state index < -0.39 is 6.10 Å². The molecule has 1 aliphatic heterocycles. The van der Waals surface area contributed by atoms with Crippen molar-refractivity contribution >= 4 is 0 Å². The molecule has 20 heavy (non-hydrogen) atoms. The summed E-state index contributed by atoms with van der Waals surface area (Å²) in [5.74, 6) is 1.79. The molecule has 0 radical (unpaired) electrons. The van der Waals surface area contributed by atoms with E-state index in [0.717, 1.165) is 6.42 Å². The first-order valence-corrected chi connectivity index (χ1v) is 6.72. The van der Waals surface area contributed by atoms with E-state index >= 15 is 0 Å². The van der Waals surface area contributed by atoms with Gasteiger partial charge in [-0.25, -0.2) is 0 Å². The average molecular weight is 282 g/mol. The molecule has 1 heterocycles. The number of methoxy groups -OCH3 is 3. The van der Waals surface area contributed by atoms with Crippen LogP contribution in [-0.2, 0) is 4.74 Å². The molecule has 0 spiro atoms. The van der Waals surface area contributed by atoms with Gasteiger partial charge in [0.05, 0.1) is 39.1 Å². The zero-order valence-electron chi connectivity index (χ0n) is 12.4. The van der Waals surface area contributed by atoms with Crippen LogP contribution in [0.25, 0.3) is 0 Å². The van der Waals surface area contributed by atoms with Crippen molar-refractivity contribution in [2.75, 3.05) is 27.9 Å². The van der Waals surface area contributed by atoms with Crippen LogP contribution in [0.1, 0.15) is 25.0 Å². The molecule has 1 fully saturated rings. The van der Waals surface area contributed by atoms with Gasteiger partial charge in [-0.2, -0.15) is 0 Å². The van der Waals surface area contributed by atoms with Gasteiger partial charge in [0.25, 0.3) is 0 Å². The van der Waals surface area contributed by atoms with E-state index in [2.05, 4.69) is 0 Å². The van der Waals surface area contributed by atoms with Crippen molar-refractivity contribution in [1.82, 2.24) is 0 Å². The second-order valence-electron chi connectivity index (χ2n) is 4.92. The molecule has 3 atom stereocenters. The van der Waals surface area contributed by atoms with Gasteiger partial charge in [-0.1, -0.05) is 0 Å². The molecule has 1 aliphatic rings. The molecular weight excluding hydrogens is 260 g/mol. The van der Waals surface area contributed by atoms with E-state index in [4.69, 9.17) is 18.9 Å². The lowest BCUT2D eigenvalue weighted by Crippen LogP contribution is -2.21. The SMILES string of the molecule is COc1cc(OC)c(C(O)C2CCOC2C)c(OC)c1. The molecule has 0 amide bonds. The summed E-state index contributed by atoms with van der Waals surface area (Å²) >= 11 is 0. The number of benzene rings is 1. The van der Waals surface area contributed by atoms with Crippen LogP contribution in [-0.4, -0.2) is 39.1 Å². The largest absolute Gasteiger partial charge is 0.496 e. The van der Waals surface area contributed by atoms with Crippen LogP contribution in [0, 0.1) is 5.92 Å². The first-order chi connectivity index (χ1) is 9.62. The third-order valence-corrected chi connectivity index (χ3v) is 3.89. The monoisotopic (exact) mass is 282 g/mol. The summed E-state index contributed by atoms with van der Waals surface area (Å²) in [6, 6.07) is 3.50. The molecule has 1 aromatic carbocycles. The van der Waals surface area contributed by atoms with E-state index in [1.807, 2.05) is 6.92 Å². The maximum Gasteiger partial charge on any atom is 0.132 e. The number of hydrogen-bond acceptors (Lipinski definition) is 5. The molecule has 0 saturated carbocycles. The van der Waals surface area contributed by atoms with Gasteiger partial charge in [-0.15, -0.1) is 0 Å². The maximum absolute atomic E-state index is 10.7. The highest BCUT2D eigenvalue weighted by atomic mass is 16.5. The van der Waals surface area contributed by atoms with Crippen LogP contribution in [0.3, 0.4) is 0 Å². The van der Waals surface area contributed by atoms with Crippen molar-refractivity contribution in [3.05, 3.63) is 17.7 Å². The standard InChI is InChI=1S/C15H22O5/c1-9-11(5-6-20-9)15(16)14-12(18-3)7-10(17-2)8-13(14)19-4/h7-9,11,15-16H,5-6H2,1-4H3. The van der Waals surface area contributed by atoms with Crippen molar-refractivity contribution in [3.63, 3.8) is 0 Å². The number of rotatable bonds is 5. The molecule has 0 aromatic heterocycles. The van der Waals surface area contributed by atoms with Gasteiger partial charge < -0.3 is 24.1 Å². The normalized spacial score (nSPS) is 23.4. The van der Waals surface area contributed by atoms with Crippen LogP contribution >= 0.6 is 0 Å². The Morgan fingerprint density at radius 1 is 1.15 bits per heavy atom. The van der Waals surface area contributed by atoms with Gasteiger partial charge in [-0.3, -0.25) is 0 Å². The van der Waals surface area contributed by atoms with E-state index in [9.17, 15) is 5.11 Å². The van der Waals surface area contributed by atoms with Crippen molar-refractivity contribution in [3.8, 4) is 17.2 Å². The molecule has 3 unspecified atom stereocenters. The minimum absolute atomic E-state index is 0.0153. The van der Waals surface area contributed by atoms with E-state index in [-0.39, 0.29) is 12.0 Å². The van der Waals surface area contributed by atoms with E-state index in [1.165, 1.54) is 0 Å². The summed E-state index contributed by atoms with van der Waals surface area (Å²) in [7, 11) is 4.72. The summed E-state index contributed by atoms with van der Waals surface area (Å²) in [4.78, 5) is 0. The van der Waals surface area contributed by atoms with Gasteiger partial charge in [0.15, 0.2) is 0 Å². The number of ether oxygens (including phenoxy) is 4. The minimum Gasteiger partial charge on any atom is -0.496 e. The fourth-order valence-corrected chi connectivity index (χ4v) is 2.70. The van der Waals surface area contributed by atoms with Gasteiger partial charge in [-0.05, 0) is 13.3 Å². The van der Waals surface area contributed by atoms with Crippen LogP contribution in [0.15, 0.2) is 12.1 Å². The Kier molecular flexibility index (Phi) is 4.73.